The van der Waals surface area contributed by atoms with Crippen LogP contribution in [-0.4, -0.2) is 38.9 Å². The zero-order chi connectivity index (χ0) is 19.5. The first-order valence-electron chi connectivity index (χ1n) is 9.75. The standard InChI is InChI=1S/C20H26BrN6O/c1-25-8-4-5-15(14-25)12-22-18-11-19(24-20-17(21)13-23-27(18)20)26-9-3-2-6-16(26)7-10-28/h4-5,8,11,13-14,16,22,28H,2-3,6-7,9-10,12H2,1H3/q+1/t16-/m1/s1. The summed E-state index contributed by atoms with van der Waals surface area (Å²) in [4.78, 5) is 7.21. The molecule has 0 saturated carbocycles. The van der Waals surface area contributed by atoms with Crippen LogP contribution in [-0.2, 0) is 13.6 Å². The third-order valence-corrected chi connectivity index (χ3v) is 5.83. The van der Waals surface area contributed by atoms with Crippen LogP contribution in [0.4, 0.5) is 11.6 Å². The highest BCUT2D eigenvalue weighted by Crippen LogP contribution is 2.29. The number of aromatic nitrogens is 4. The van der Waals surface area contributed by atoms with Crippen molar-refractivity contribution in [3.63, 3.8) is 0 Å². The van der Waals surface area contributed by atoms with Crippen molar-refractivity contribution in [1.29, 1.82) is 0 Å². The van der Waals surface area contributed by atoms with E-state index in [0.29, 0.717) is 12.6 Å². The number of nitrogens with one attached hydrogen (secondary N) is 1. The van der Waals surface area contributed by atoms with Gasteiger partial charge < -0.3 is 15.3 Å². The first-order chi connectivity index (χ1) is 13.7. The molecule has 28 heavy (non-hydrogen) atoms. The predicted octanol–water partition coefficient (Wildman–Crippen LogP) is 2.67. The van der Waals surface area contributed by atoms with E-state index in [1.165, 1.54) is 12.0 Å². The van der Waals surface area contributed by atoms with Crippen molar-refractivity contribution in [3.05, 3.63) is 46.8 Å². The van der Waals surface area contributed by atoms with Crippen molar-refractivity contribution in [2.75, 3.05) is 23.4 Å². The summed E-state index contributed by atoms with van der Waals surface area (Å²) in [5.41, 5.74) is 1.99. The molecule has 0 unspecified atom stereocenters. The van der Waals surface area contributed by atoms with E-state index in [9.17, 15) is 5.11 Å². The van der Waals surface area contributed by atoms with Gasteiger partial charge >= 0.3 is 0 Å². The Morgan fingerprint density at radius 1 is 1.39 bits per heavy atom. The summed E-state index contributed by atoms with van der Waals surface area (Å²) < 4.78 is 4.75. The van der Waals surface area contributed by atoms with E-state index in [-0.39, 0.29) is 6.61 Å². The maximum Gasteiger partial charge on any atom is 0.173 e. The summed E-state index contributed by atoms with van der Waals surface area (Å²) in [5.74, 6) is 1.85. The van der Waals surface area contributed by atoms with Crippen molar-refractivity contribution in [3.8, 4) is 0 Å². The van der Waals surface area contributed by atoms with Gasteiger partial charge in [-0.1, -0.05) is 0 Å². The Bertz CT molecular complexity index is 957. The van der Waals surface area contributed by atoms with E-state index >= 15 is 0 Å². The Morgan fingerprint density at radius 3 is 3.11 bits per heavy atom. The number of rotatable bonds is 6. The number of fused-ring (bicyclic) bond motifs is 1. The Balaban J connectivity index is 1.67. The molecule has 0 spiro atoms. The molecule has 1 aliphatic heterocycles. The zero-order valence-corrected chi connectivity index (χ0v) is 17.6. The van der Waals surface area contributed by atoms with Crippen LogP contribution in [0.25, 0.3) is 5.65 Å². The van der Waals surface area contributed by atoms with Gasteiger partial charge in [0.05, 0.1) is 10.7 Å². The van der Waals surface area contributed by atoms with Crippen LogP contribution in [0.2, 0.25) is 0 Å². The van der Waals surface area contributed by atoms with Crippen molar-refractivity contribution in [1.82, 2.24) is 14.6 Å². The molecule has 7 nitrogen and oxygen atoms in total. The fourth-order valence-electron chi connectivity index (χ4n) is 3.89. The number of aliphatic hydroxyl groups excluding tert-OH is 1. The van der Waals surface area contributed by atoms with E-state index < -0.39 is 0 Å². The van der Waals surface area contributed by atoms with Gasteiger partial charge in [-0.2, -0.15) is 9.61 Å². The molecule has 3 aromatic rings. The normalized spacial score (nSPS) is 17.2. The largest absolute Gasteiger partial charge is 0.396 e. The number of hydrogen-bond acceptors (Lipinski definition) is 5. The molecule has 0 amide bonds. The minimum Gasteiger partial charge on any atom is -0.396 e. The van der Waals surface area contributed by atoms with Crippen molar-refractivity contribution in [2.24, 2.45) is 7.05 Å². The van der Waals surface area contributed by atoms with Crippen LogP contribution in [0, 0.1) is 0 Å². The van der Waals surface area contributed by atoms with Gasteiger partial charge in [-0.15, -0.1) is 0 Å². The van der Waals surface area contributed by atoms with Crippen molar-refractivity contribution < 1.29 is 9.67 Å². The summed E-state index contributed by atoms with van der Waals surface area (Å²) >= 11 is 3.58. The van der Waals surface area contributed by atoms with E-state index in [1.807, 2.05) is 28.4 Å². The monoisotopic (exact) mass is 445 g/mol. The van der Waals surface area contributed by atoms with Gasteiger partial charge in [-0.3, -0.25) is 0 Å². The summed E-state index contributed by atoms with van der Waals surface area (Å²) in [5, 5.41) is 17.5. The first-order valence-corrected chi connectivity index (χ1v) is 10.5. The number of aryl methyl sites for hydroxylation is 1. The third kappa shape index (κ3) is 3.98. The summed E-state index contributed by atoms with van der Waals surface area (Å²) in [7, 11) is 2.02. The first kappa shape index (κ1) is 19.1. The minimum atomic E-state index is 0.204. The fraction of sp³-hybridized carbons (Fsp3) is 0.450. The maximum absolute atomic E-state index is 9.47. The van der Waals surface area contributed by atoms with E-state index in [2.05, 4.69) is 49.6 Å². The molecule has 0 bridgehead atoms. The number of piperidine rings is 1. The lowest BCUT2D eigenvalue weighted by Crippen LogP contribution is -2.40. The molecule has 0 aliphatic carbocycles. The molecular weight excluding hydrogens is 420 g/mol. The van der Waals surface area contributed by atoms with Crippen LogP contribution in [0.3, 0.4) is 0 Å². The number of pyridine rings is 1. The zero-order valence-electron chi connectivity index (χ0n) is 16.1. The second-order valence-corrected chi connectivity index (χ2v) is 8.17. The third-order valence-electron chi connectivity index (χ3n) is 5.27. The number of anilines is 2. The van der Waals surface area contributed by atoms with Gasteiger partial charge in [-0.25, -0.2) is 9.55 Å². The molecule has 1 aliphatic rings. The van der Waals surface area contributed by atoms with Gasteiger partial charge in [-0.05, 0) is 47.7 Å². The van der Waals surface area contributed by atoms with Crippen LogP contribution in [0.15, 0.2) is 41.3 Å². The van der Waals surface area contributed by atoms with Gasteiger partial charge in [0.25, 0.3) is 0 Å². The summed E-state index contributed by atoms with van der Waals surface area (Å²) in [6, 6.07) is 6.55. The van der Waals surface area contributed by atoms with Crippen molar-refractivity contribution in [2.45, 2.75) is 38.3 Å². The highest BCUT2D eigenvalue weighted by atomic mass is 79.9. The highest BCUT2D eigenvalue weighted by molar-refractivity contribution is 9.10. The Morgan fingerprint density at radius 2 is 2.29 bits per heavy atom. The SMILES string of the molecule is C[n+]1cccc(CNc2cc(N3CCCC[C@@H]3CCO)nc3c(Br)cnn23)c1. The smallest absolute Gasteiger partial charge is 0.173 e. The molecule has 1 saturated heterocycles. The molecule has 2 N–H and O–H groups in total. The lowest BCUT2D eigenvalue weighted by Gasteiger charge is -2.36. The topological polar surface area (TPSA) is 69.6 Å². The summed E-state index contributed by atoms with van der Waals surface area (Å²) in [6.07, 6.45) is 10.1. The van der Waals surface area contributed by atoms with Gasteiger partial charge in [0, 0.05) is 43.4 Å². The quantitative estimate of drug-likeness (QED) is 0.570. The lowest BCUT2D eigenvalue weighted by atomic mass is 9.99. The molecule has 0 aromatic carbocycles. The van der Waals surface area contributed by atoms with Crippen LogP contribution in [0.1, 0.15) is 31.2 Å². The Hall–Kier alpha value is -2.19. The second-order valence-electron chi connectivity index (χ2n) is 7.31. The highest BCUT2D eigenvalue weighted by Gasteiger charge is 2.24. The Kier molecular flexibility index (Phi) is 5.77. The molecule has 1 fully saturated rings. The number of halogens is 1. The molecule has 4 rings (SSSR count). The van der Waals surface area contributed by atoms with Gasteiger partial charge in [0.2, 0.25) is 0 Å². The van der Waals surface area contributed by atoms with Gasteiger partial charge in [0.1, 0.15) is 18.7 Å². The number of nitrogens with zero attached hydrogens (tertiary/aromatic N) is 5. The molecule has 1 atom stereocenters. The average Bonchev–Trinajstić information content (AvgIpc) is 3.08. The van der Waals surface area contributed by atoms with Crippen LogP contribution >= 0.6 is 15.9 Å². The van der Waals surface area contributed by atoms with E-state index in [1.54, 1.807) is 6.20 Å². The predicted molar refractivity (Wildman–Crippen MR) is 112 cm³/mol. The van der Waals surface area contributed by atoms with Crippen LogP contribution < -0.4 is 14.8 Å². The average molecular weight is 446 g/mol. The summed E-state index contributed by atoms with van der Waals surface area (Å²) in [6.45, 7) is 1.87. The second kappa shape index (κ2) is 8.45. The van der Waals surface area contributed by atoms with E-state index in [4.69, 9.17) is 4.98 Å². The molecule has 0 radical (unpaired) electrons. The molecule has 8 heteroatoms. The minimum absolute atomic E-state index is 0.204. The Labute approximate surface area is 173 Å². The van der Waals surface area contributed by atoms with Crippen LogP contribution in [0.5, 0.6) is 0 Å². The molecule has 3 aromatic heterocycles. The maximum atomic E-state index is 9.47. The lowest BCUT2D eigenvalue weighted by molar-refractivity contribution is -0.671. The van der Waals surface area contributed by atoms with E-state index in [0.717, 1.165) is 47.6 Å². The molecule has 4 heterocycles. The van der Waals surface area contributed by atoms with Gasteiger partial charge in [0.15, 0.2) is 18.0 Å². The molecular formula is C20H26BrN6O+. The van der Waals surface area contributed by atoms with Crippen molar-refractivity contribution >= 4 is 33.2 Å². The fourth-order valence-corrected chi connectivity index (χ4v) is 4.24. The number of hydrogen-bond donors (Lipinski definition) is 2. The number of aliphatic hydroxyl groups is 1. The molecule has 148 valence electrons.